The minimum absolute atomic E-state index is 0.422. The van der Waals surface area contributed by atoms with Crippen LogP contribution in [0.15, 0.2) is 42.7 Å². The van der Waals surface area contributed by atoms with E-state index in [0.717, 1.165) is 31.9 Å². The van der Waals surface area contributed by atoms with E-state index in [0.29, 0.717) is 5.95 Å². The Labute approximate surface area is 112 Å². The second-order valence-electron chi connectivity index (χ2n) is 4.26. The van der Waals surface area contributed by atoms with Crippen molar-refractivity contribution in [2.75, 3.05) is 30.4 Å². The van der Waals surface area contributed by atoms with Gasteiger partial charge in [0.25, 0.3) is 0 Å². The van der Waals surface area contributed by atoms with E-state index < -0.39 is 5.82 Å². The van der Waals surface area contributed by atoms with Gasteiger partial charge in [0.15, 0.2) is 5.82 Å². The molecule has 0 atom stereocenters. The molecule has 0 bridgehead atoms. The first-order valence-corrected chi connectivity index (χ1v) is 6.23. The number of rotatable bonds is 6. The van der Waals surface area contributed by atoms with Gasteiger partial charge in [-0.15, -0.1) is 0 Å². The summed E-state index contributed by atoms with van der Waals surface area (Å²) in [6, 6.07) is 10.2. The zero-order valence-corrected chi connectivity index (χ0v) is 10.9. The van der Waals surface area contributed by atoms with E-state index >= 15 is 0 Å². The Kier molecular flexibility index (Phi) is 4.66. The standard InChI is InChI=1S/C14H17FN4/c1-19(13-6-3-2-4-7-13)9-5-8-16-14-17-10-12(15)11-18-14/h2-4,6-7,10-11H,5,8-9H2,1H3,(H,16,17,18). The van der Waals surface area contributed by atoms with Gasteiger partial charge in [-0.05, 0) is 18.6 Å². The Hall–Kier alpha value is -2.17. The van der Waals surface area contributed by atoms with Crippen molar-refractivity contribution in [3.63, 3.8) is 0 Å². The van der Waals surface area contributed by atoms with Crippen LogP contribution >= 0.6 is 0 Å². The summed E-state index contributed by atoms with van der Waals surface area (Å²) in [5.74, 6) is 0.0399. The molecular weight excluding hydrogens is 243 g/mol. The molecule has 0 aliphatic carbocycles. The summed E-state index contributed by atoms with van der Waals surface area (Å²) in [5.41, 5.74) is 1.19. The molecule has 0 aliphatic rings. The van der Waals surface area contributed by atoms with Crippen LogP contribution in [-0.2, 0) is 0 Å². The number of nitrogens with one attached hydrogen (secondary N) is 1. The fraction of sp³-hybridized carbons (Fsp3) is 0.286. The second-order valence-corrected chi connectivity index (χ2v) is 4.26. The maximum Gasteiger partial charge on any atom is 0.222 e. The third-order valence-corrected chi connectivity index (χ3v) is 2.77. The molecule has 100 valence electrons. The summed E-state index contributed by atoms with van der Waals surface area (Å²) in [6.45, 7) is 1.68. The normalized spacial score (nSPS) is 10.2. The summed E-state index contributed by atoms with van der Waals surface area (Å²) in [7, 11) is 2.06. The number of para-hydroxylation sites is 1. The zero-order chi connectivity index (χ0) is 13.5. The van der Waals surface area contributed by atoms with E-state index in [2.05, 4.69) is 39.4 Å². The van der Waals surface area contributed by atoms with Gasteiger partial charge in [-0.1, -0.05) is 18.2 Å². The van der Waals surface area contributed by atoms with Crippen molar-refractivity contribution in [3.05, 3.63) is 48.5 Å². The molecule has 1 aromatic carbocycles. The highest BCUT2D eigenvalue weighted by molar-refractivity contribution is 5.44. The van der Waals surface area contributed by atoms with Crippen LogP contribution in [0.5, 0.6) is 0 Å². The lowest BCUT2D eigenvalue weighted by atomic mass is 10.3. The van der Waals surface area contributed by atoms with Gasteiger partial charge in [0, 0.05) is 25.8 Å². The molecule has 2 aromatic rings. The Morgan fingerprint density at radius 3 is 2.53 bits per heavy atom. The summed E-state index contributed by atoms with van der Waals surface area (Å²) in [6.07, 6.45) is 3.27. The minimum Gasteiger partial charge on any atom is -0.375 e. The predicted molar refractivity (Wildman–Crippen MR) is 74.8 cm³/mol. The van der Waals surface area contributed by atoms with E-state index in [-0.39, 0.29) is 0 Å². The van der Waals surface area contributed by atoms with Crippen molar-refractivity contribution >= 4 is 11.6 Å². The van der Waals surface area contributed by atoms with Gasteiger partial charge in [0.2, 0.25) is 5.95 Å². The van der Waals surface area contributed by atoms with Crippen molar-refractivity contribution in [3.8, 4) is 0 Å². The number of aromatic nitrogens is 2. The lowest BCUT2D eigenvalue weighted by molar-refractivity contribution is 0.614. The molecule has 0 fully saturated rings. The topological polar surface area (TPSA) is 41.0 Å². The van der Waals surface area contributed by atoms with Crippen molar-refractivity contribution in [2.24, 2.45) is 0 Å². The highest BCUT2D eigenvalue weighted by Crippen LogP contribution is 2.10. The highest BCUT2D eigenvalue weighted by Gasteiger charge is 2.00. The van der Waals surface area contributed by atoms with Crippen LogP contribution in [-0.4, -0.2) is 30.1 Å². The van der Waals surface area contributed by atoms with Crippen LogP contribution in [0.2, 0.25) is 0 Å². The van der Waals surface area contributed by atoms with Gasteiger partial charge < -0.3 is 10.2 Å². The molecular formula is C14H17FN4. The van der Waals surface area contributed by atoms with Crippen LogP contribution < -0.4 is 10.2 Å². The predicted octanol–water partition coefficient (Wildman–Crippen LogP) is 2.55. The Morgan fingerprint density at radius 1 is 1.16 bits per heavy atom. The maximum atomic E-state index is 12.6. The minimum atomic E-state index is -0.422. The van der Waals surface area contributed by atoms with E-state index in [1.54, 1.807) is 0 Å². The van der Waals surface area contributed by atoms with Crippen LogP contribution in [0.4, 0.5) is 16.0 Å². The molecule has 0 amide bonds. The summed E-state index contributed by atoms with van der Waals surface area (Å²) in [4.78, 5) is 9.87. The van der Waals surface area contributed by atoms with E-state index in [9.17, 15) is 4.39 Å². The first-order valence-electron chi connectivity index (χ1n) is 6.23. The lowest BCUT2D eigenvalue weighted by Gasteiger charge is -2.19. The van der Waals surface area contributed by atoms with Crippen LogP contribution in [0.1, 0.15) is 6.42 Å². The van der Waals surface area contributed by atoms with E-state index in [1.165, 1.54) is 5.69 Å². The number of nitrogens with zero attached hydrogens (tertiary/aromatic N) is 3. The molecule has 1 aromatic heterocycles. The molecule has 0 aliphatic heterocycles. The molecule has 0 saturated heterocycles. The number of anilines is 2. The molecule has 1 heterocycles. The first-order chi connectivity index (χ1) is 9.25. The maximum absolute atomic E-state index is 12.6. The fourth-order valence-electron chi connectivity index (χ4n) is 1.73. The fourth-order valence-corrected chi connectivity index (χ4v) is 1.73. The van der Waals surface area contributed by atoms with Gasteiger partial charge in [-0.25, -0.2) is 14.4 Å². The molecule has 5 heteroatoms. The van der Waals surface area contributed by atoms with Gasteiger partial charge >= 0.3 is 0 Å². The molecule has 0 radical (unpaired) electrons. The van der Waals surface area contributed by atoms with E-state index in [1.807, 2.05) is 18.2 Å². The monoisotopic (exact) mass is 260 g/mol. The number of hydrogen-bond acceptors (Lipinski definition) is 4. The van der Waals surface area contributed by atoms with Crippen molar-refractivity contribution < 1.29 is 4.39 Å². The van der Waals surface area contributed by atoms with Crippen molar-refractivity contribution in [2.45, 2.75) is 6.42 Å². The van der Waals surface area contributed by atoms with Crippen LogP contribution in [0.3, 0.4) is 0 Å². The number of benzene rings is 1. The van der Waals surface area contributed by atoms with Crippen molar-refractivity contribution in [1.82, 2.24) is 9.97 Å². The second kappa shape index (κ2) is 6.68. The van der Waals surface area contributed by atoms with Gasteiger partial charge in [0.05, 0.1) is 12.4 Å². The first kappa shape index (κ1) is 13.3. The summed E-state index contributed by atoms with van der Waals surface area (Å²) in [5, 5.41) is 3.06. The molecule has 19 heavy (non-hydrogen) atoms. The molecule has 4 nitrogen and oxygen atoms in total. The van der Waals surface area contributed by atoms with Crippen LogP contribution in [0, 0.1) is 5.82 Å². The average Bonchev–Trinajstić information content (AvgIpc) is 2.46. The third kappa shape index (κ3) is 4.21. The summed E-state index contributed by atoms with van der Waals surface area (Å²) >= 11 is 0. The lowest BCUT2D eigenvalue weighted by Crippen LogP contribution is -2.21. The van der Waals surface area contributed by atoms with Crippen molar-refractivity contribution in [1.29, 1.82) is 0 Å². The van der Waals surface area contributed by atoms with Crippen LogP contribution in [0.25, 0.3) is 0 Å². The highest BCUT2D eigenvalue weighted by atomic mass is 19.1. The van der Waals surface area contributed by atoms with E-state index in [4.69, 9.17) is 0 Å². The Morgan fingerprint density at radius 2 is 1.84 bits per heavy atom. The average molecular weight is 260 g/mol. The summed E-state index contributed by atoms with van der Waals surface area (Å²) < 4.78 is 12.6. The Bertz CT molecular complexity index is 487. The van der Waals surface area contributed by atoms with Gasteiger partial charge in [-0.2, -0.15) is 0 Å². The molecule has 0 saturated carbocycles. The number of halogens is 1. The molecule has 2 rings (SSSR count). The smallest absolute Gasteiger partial charge is 0.222 e. The largest absolute Gasteiger partial charge is 0.375 e. The zero-order valence-electron chi connectivity index (χ0n) is 10.9. The molecule has 0 unspecified atom stereocenters. The SMILES string of the molecule is CN(CCCNc1ncc(F)cn1)c1ccccc1. The third-order valence-electron chi connectivity index (χ3n) is 2.77. The quantitative estimate of drug-likeness (QED) is 0.810. The number of hydrogen-bond donors (Lipinski definition) is 1. The van der Waals surface area contributed by atoms with Gasteiger partial charge in [0.1, 0.15) is 0 Å². The molecule has 1 N–H and O–H groups in total. The molecule has 0 spiro atoms. The Balaban J connectivity index is 1.71. The van der Waals surface area contributed by atoms with Gasteiger partial charge in [-0.3, -0.25) is 0 Å².